The van der Waals surface area contributed by atoms with Gasteiger partial charge in [0.05, 0.1) is 9.64 Å². The molecule has 0 fully saturated rings. The van der Waals surface area contributed by atoms with Crippen molar-refractivity contribution in [2.24, 2.45) is 20.9 Å². The summed E-state index contributed by atoms with van der Waals surface area (Å²) in [6, 6.07) is 3.63. The lowest BCUT2D eigenvalue weighted by Gasteiger charge is -2.29. The highest BCUT2D eigenvalue weighted by molar-refractivity contribution is 8.01. The molecule has 2 amide bonds. The van der Waals surface area contributed by atoms with E-state index < -0.39 is 4.75 Å². The zero-order chi connectivity index (χ0) is 20.9. The number of hydrogen-bond acceptors (Lipinski definition) is 5. The zero-order valence-corrected chi connectivity index (χ0v) is 17.5. The number of anilines is 2. The maximum absolute atomic E-state index is 12.1. The quantitative estimate of drug-likeness (QED) is 0.529. The summed E-state index contributed by atoms with van der Waals surface area (Å²) in [5, 5.41) is 8.34. The first-order valence-corrected chi connectivity index (χ1v) is 9.57. The SMILES string of the molecule is C=NC(=NC(=NC)Nc1ccc2c(n1)NC(=O)C(C)(C)S2)NC(=O)CC(C)C. The van der Waals surface area contributed by atoms with E-state index in [0.29, 0.717) is 18.1 Å². The van der Waals surface area contributed by atoms with Gasteiger partial charge in [0.15, 0.2) is 0 Å². The molecule has 0 radical (unpaired) electrons. The van der Waals surface area contributed by atoms with Crippen molar-refractivity contribution in [3.05, 3.63) is 12.1 Å². The van der Waals surface area contributed by atoms with Crippen LogP contribution in [-0.4, -0.2) is 47.2 Å². The van der Waals surface area contributed by atoms with Gasteiger partial charge in [0, 0.05) is 13.5 Å². The molecule has 1 aliphatic heterocycles. The number of carbonyl (C=O) groups is 2. The number of carbonyl (C=O) groups excluding carboxylic acids is 2. The van der Waals surface area contributed by atoms with Crippen LogP contribution in [0.15, 0.2) is 32.0 Å². The van der Waals surface area contributed by atoms with Crippen LogP contribution in [-0.2, 0) is 9.59 Å². The Balaban J connectivity index is 2.15. The number of hydrogen-bond donors (Lipinski definition) is 3. The van der Waals surface area contributed by atoms with E-state index in [4.69, 9.17) is 0 Å². The fourth-order valence-corrected chi connectivity index (χ4v) is 3.29. The molecule has 0 unspecified atom stereocenters. The molecule has 0 spiro atoms. The predicted octanol–water partition coefficient (Wildman–Crippen LogP) is 2.52. The second-order valence-corrected chi connectivity index (χ2v) is 8.69. The van der Waals surface area contributed by atoms with Gasteiger partial charge in [-0.2, -0.15) is 4.99 Å². The Labute approximate surface area is 168 Å². The number of nitrogens with one attached hydrogen (secondary N) is 3. The molecule has 0 saturated carbocycles. The van der Waals surface area contributed by atoms with Gasteiger partial charge in [0.25, 0.3) is 0 Å². The van der Waals surface area contributed by atoms with E-state index in [-0.39, 0.29) is 29.7 Å². The van der Waals surface area contributed by atoms with Crippen molar-refractivity contribution < 1.29 is 9.59 Å². The van der Waals surface area contributed by atoms with Gasteiger partial charge >= 0.3 is 0 Å². The summed E-state index contributed by atoms with van der Waals surface area (Å²) in [6.45, 7) is 11.0. The van der Waals surface area contributed by atoms with Crippen LogP contribution in [0.5, 0.6) is 0 Å². The first-order chi connectivity index (χ1) is 13.1. The van der Waals surface area contributed by atoms with E-state index in [1.165, 1.54) is 11.8 Å². The molecule has 150 valence electrons. The first kappa shape index (κ1) is 21.5. The summed E-state index contributed by atoms with van der Waals surface area (Å²) in [6.07, 6.45) is 0.348. The number of nitrogens with zero attached hydrogens (tertiary/aromatic N) is 4. The van der Waals surface area contributed by atoms with E-state index >= 15 is 0 Å². The minimum Gasteiger partial charge on any atom is -0.309 e. The molecule has 1 aromatic rings. The minimum atomic E-state index is -0.553. The highest BCUT2D eigenvalue weighted by Gasteiger charge is 2.35. The largest absolute Gasteiger partial charge is 0.309 e. The third-order valence-electron chi connectivity index (χ3n) is 3.66. The third kappa shape index (κ3) is 5.62. The van der Waals surface area contributed by atoms with Gasteiger partial charge in [-0.1, -0.05) is 13.8 Å². The third-order valence-corrected chi connectivity index (χ3v) is 4.91. The smallest absolute Gasteiger partial charge is 0.241 e. The summed E-state index contributed by atoms with van der Waals surface area (Å²) < 4.78 is -0.553. The molecule has 0 aliphatic carbocycles. The average molecular weight is 404 g/mol. The lowest BCUT2D eigenvalue weighted by atomic mass is 10.1. The maximum Gasteiger partial charge on any atom is 0.241 e. The fraction of sp³-hybridized carbons (Fsp3) is 0.444. The van der Waals surface area contributed by atoms with Gasteiger partial charge in [0.1, 0.15) is 11.6 Å². The monoisotopic (exact) mass is 403 g/mol. The maximum atomic E-state index is 12.1. The van der Waals surface area contributed by atoms with Crippen molar-refractivity contribution in [3.8, 4) is 0 Å². The summed E-state index contributed by atoms with van der Waals surface area (Å²) in [5.74, 6) is 1.05. The van der Waals surface area contributed by atoms with Gasteiger partial charge in [-0.05, 0) is 38.6 Å². The van der Waals surface area contributed by atoms with E-state index in [1.807, 2.05) is 33.8 Å². The number of aliphatic imine (C=N–C) groups is 3. The van der Waals surface area contributed by atoms with Gasteiger partial charge in [-0.25, -0.2) is 9.98 Å². The molecule has 1 aliphatic rings. The molecule has 2 rings (SSSR count). The Morgan fingerprint density at radius 3 is 2.68 bits per heavy atom. The zero-order valence-electron chi connectivity index (χ0n) is 16.7. The van der Waals surface area contributed by atoms with Crippen molar-refractivity contribution in [3.63, 3.8) is 0 Å². The molecule has 0 bridgehead atoms. The Morgan fingerprint density at radius 1 is 1.36 bits per heavy atom. The van der Waals surface area contributed by atoms with Crippen LogP contribution in [0, 0.1) is 5.92 Å². The van der Waals surface area contributed by atoms with Gasteiger partial charge in [-0.3, -0.25) is 19.9 Å². The van der Waals surface area contributed by atoms with E-state index in [0.717, 1.165) is 4.90 Å². The Kier molecular flexibility index (Phi) is 6.90. The number of thioether (sulfide) groups is 1. The van der Waals surface area contributed by atoms with Crippen molar-refractivity contribution in [2.45, 2.75) is 43.8 Å². The van der Waals surface area contributed by atoms with Crippen LogP contribution in [0.1, 0.15) is 34.1 Å². The molecule has 0 saturated heterocycles. The van der Waals surface area contributed by atoms with Gasteiger partial charge in [0.2, 0.25) is 23.7 Å². The van der Waals surface area contributed by atoms with Gasteiger partial charge < -0.3 is 10.6 Å². The van der Waals surface area contributed by atoms with Crippen molar-refractivity contribution >= 4 is 53.8 Å². The molecule has 10 heteroatoms. The Morgan fingerprint density at radius 2 is 2.07 bits per heavy atom. The molecule has 1 aromatic heterocycles. The van der Waals surface area contributed by atoms with Crippen LogP contribution >= 0.6 is 11.8 Å². The molecule has 0 aromatic carbocycles. The van der Waals surface area contributed by atoms with Crippen LogP contribution in [0.3, 0.4) is 0 Å². The standard InChI is InChI=1S/C18H25N7O2S/c1-10(2)9-13(26)23-17(20-6)25-16(19-5)22-12-8-7-11-14(21-12)24-15(27)18(3,4)28-11/h7-8,10H,6,9H2,1-5H3,(H3,19,21,22,23,24,25,26,27). The Hall–Kier alpha value is -2.75. The lowest BCUT2D eigenvalue weighted by molar-refractivity contribution is -0.120. The van der Waals surface area contributed by atoms with E-state index in [2.05, 4.69) is 42.6 Å². The van der Waals surface area contributed by atoms with E-state index in [9.17, 15) is 9.59 Å². The number of aromatic nitrogens is 1. The molecular weight excluding hydrogens is 378 g/mol. The Bertz CT molecular complexity index is 846. The predicted molar refractivity (Wildman–Crippen MR) is 114 cm³/mol. The minimum absolute atomic E-state index is 0.0438. The van der Waals surface area contributed by atoms with Crippen LogP contribution in [0.4, 0.5) is 11.6 Å². The lowest BCUT2D eigenvalue weighted by Crippen LogP contribution is -2.37. The number of pyridine rings is 1. The first-order valence-electron chi connectivity index (χ1n) is 8.75. The van der Waals surface area contributed by atoms with Crippen LogP contribution in [0.2, 0.25) is 0 Å². The second kappa shape index (κ2) is 8.96. The molecule has 2 heterocycles. The summed E-state index contributed by atoms with van der Waals surface area (Å²) in [7, 11) is 1.54. The number of amides is 2. The van der Waals surface area contributed by atoms with Crippen molar-refractivity contribution in [1.82, 2.24) is 10.3 Å². The highest BCUT2D eigenvalue weighted by Crippen LogP contribution is 2.41. The normalized spacial score (nSPS) is 16.3. The van der Waals surface area contributed by atoms with Crippen LogP contribution < -0.4 is 16.0 Å². The van der Waals surface area contributed by atoms with Crippen molar-refractivity contribution in [2.75, 3.05) is 17.7 Å². The molecule has 0 atom stereocenters. The summed E-state index contributed by atoms with van der Waals surface area (Å²) in [4.78, 5) is 41.2. The topological polar surface area (TPSA) is 120 Å². The number of fused-ring (bicyclic) bond motifs is 1. The van der Waals surface area contributed by atoms with Gasteiger partial charge in [-0.15, -0.1) is 11.8 Å². The highest BCUT2D eigenvalue weighted by atomic mass is 32.2. The molecule has 9 nitrogen and oxygen atoms in total. The molecule has 3 N–H and O–H groups in total. The average Bonchev–Trinajstić information content (AvgIpc) is 2.60. The second-order valence-electron chi connectivity index (χ2n) is 7.02. The fourth-order valence-electron chi connectivity index (χ4n) is 2.27. The summed E-state index contributed by atoms with van der Waals surface area (Å²) >= 11 is 1.45. The van der Waals surface area contributed by atoms with Crippen molar-refractivity contribution in [1.29, 1.82) is 0 Å². The number of rotatable bonds is 3. The van der Waals surface area contributed by atoms with Crippen LogP contribution in [0.25, 0.3) is 0 Å². The molecule has 28 heavy (non-hydrogen) atoms. The summed E-state index contributed by atoms with van der Waals surface area (Å²) in [5.41, 5.74) is 0. The molecular formula is C18H25N7O2S. The van der Waals surface area contributed by atoms with E-state index in [1.54, 1.807) is 13.1 Å². The number of guanidine groups is 2.